The van der Waals surface area contributed by atoms with Gasteiger partial charge in [-0.05, 0) is 25.7 Å². The number of piperidine rings is 1. The monoisotopic (exact) mass is 288 g/mol. The normalized spacial score (nSPS) is 24.3. The number of hydrogen-bond acceptors (Lipinski definition) is 3. The molecule has 1 N–H and O–H groups in total. The molecule has 1 aliphatic heterocycles. The second-order valence-corrected chi connectivity index (χ2v) is 7.76. The molecule has 1 aliphatic carbocycles. The molecule has 2 rings (SSSR count). The molecule has 0 radical (unpaired) electrons. The van der Waals surface area contributed by atoms with Crippen LogP contribution in [0.4, 0.5) is 0 Å². The van der Waals surface area contributed by atoms with Crippen molar-refractivity contribution in [2.75, 3.05) is 19.3 Å². The van der Waals surface area contributed by atoms with Crippen LogP contribution in [0.2, 0.25) is 0 Å². The fourth-order valence-electron chi connectivity index (χ4n) is 3.02. The molecule has 6 heteroatoms. The Balaban J connectivity index is 1.77. The maximum atomic E-state index is 12.1. The van der Waals surface area contributed by atoms with E-state index in [0.29, 0.717) is 13.1 Å². The van der Waals surface area contributed by atoms with Gasteiger partial charge in [-0.3, -0.25) is 4.79 Å². The highest BCUT2D eigenvalue weighted by Crippen LogP contribution is 2.24. The highest BCUT2D eigenvalue weighted by molar-refractivity contribution is 7.88. The first-order valence-electron chi connectivity index (χ1n) is 7.22. The van der Waals surface area contributed by atoms with Gasteiger partial charge in [0.05, 0.1) is 6.26 Å². The summed E-state index contributed by atoms with van der Waals surface area (Å²) in [4.78, 5) is 12.1. The summed E-state index contributed by atoms with van der Waals surface area (Å²) >= 11 is 0. The van der Waals surface area contributed by atoms with E-state index in [4.69, 9.17) is 0 Å². The molecule has 19 heavy (non-hydrogen) atoms. The predicted molar refractivity (Wildman–Crippen MR) is 74.2 cm³/mol. The van der Waals surface area contributed by atoms with Gasteiger partial charge in [0.1, 0.15) is 0 Å². The van der Waals surface area contributed by atoms with Crippen molar-refractivity contribution < 1.29 is 13.2 Å². The zero-order valence-electron chi connectivity index (χ0n) is 11.6. The second kappa shape index (κ2) is 6.22. The van der Waals surface area contributed by atoms with E-state index in [0.717, 1.165) is 38.5 Å². The van der Waals surface area contributed by atoms with Gasteiger partial charge in [-0.2, -0.15) is 0 Å². The molecule has 110 valence electrons. The lowest BCUT2D eigenvalue weighted by Crippen LogP contribution is -2.47. The number of rotatable bonds is 3. The average Bonchev–Trinajstić information content (AvgIpc) is 2.39. The van der Waals surface area contributed by atoms with Crippen LogP contribution in [-0.2, 0) is 14.8 Å². The highest BCUT2D eigenvalue weighted by atomic mass is 32.2. The Morgan fingerprint density at radius 2 is 1.63 bits per heavy atom. The largest absolute Gasteiger partial charge is 0.353 e. The molecular formula is C13H24N2O3S. The molecule has 0 atom stereocenters. The van der Waals surface area contributed by atoms with Crippen LogP contribution in [0, 0.1) is 5.92 Å². The van der Waals surface area contributed by atoms with E-state index >= 15 is 0 Å². The summed E-state index contributed by atoms with van der Waals surface area (Å²) in [6.07, 6.45) is 8.28. The Labute approximate surface area is 115 Å². The van der Waals surface area contributed by atoms with Gasteiger partial charge in [0.2, 0.25) is 15.9 Å². The maximum absolute atomic E-state index is 12.1. The summed E-state index contributed by atoms with van der Waals surface area (Å²) in [5.74, 6) is 0.360. The summed E-state index contributed by atoms with van der Waals surface area (Å²) in [5, 5.41) is 3.10. The van der Waals surface area contributed by atoms with Crippen LogP contribution in [0.3, 0.4) is 0 Å². The van der Waals surface area contributed by atoms with E-state index in [1.54, 1.807) is 0 Å². The molecule has 5 nitrogen and oxygen atoms in total. The van der Waals surface area contributed by atoms with Crippen molar-refractivity contribution in [2.45, 2.75) is 51.0 Å². The third-order valence-corrected chi connectivity index (χ3v) is 5.55. The van der Waals surface area contributed by atoms with E-state index in [2.05, 4.69) is 5.32 Å². The Hall–Kier alpha value is -0.620. The highest BCUT2D eigenvalue weighted by Gasteiger charge is 2.28. The molecular weight excluding hydrogens is 264 g/mol. The van der Waals surface area contributed by atoms with E-state index in [1.165, 1.54) is 17.0 Å². The summed E-state index contributed by atoms with van der Waals surface area (Å²) in [7, 11) is -3.08. The van der Waals surface area contributed by atoms with Gasteiger partial charge in [0.25, 0.3) is 0 Å². The van der Waals surface area contributed by atoms with Crippen molar-refractivity contribution in [1.29, 1.82) is 0 Å². The SMILES string of the molecule is CS(=O)(=O)N1CCC(NC(=O)C2CCCCC2)CC1. The van der Waals surface area contributed by atoms with Crippen molar-refractivity contribution in [3.8, 4) is 0 Å². The summed E-state index contributed by atoms with van der Waals surface area (Å²) in [6.45, 7) is 1.04. The molecule has 0 aromatic heterocycles. The van der Waals surface area contributed by atoms with E-state index in [1.807, 2.05) is 0 Å². The molecule has 0 spiro atoms. The number of nitrogens with one attached hydrogen (secondary N) is 1. The van der Waals surface area contributed by atoms with Crippen LogP contribution < -0.4 is 5.32 Å². The van der Waals surface area contributed by atoms with Gasteiger partial charge in [-0.25, -0.2) is 12.7 Å². The topological polar surface area (TPSA) is 66.5 Å². The molecule has 1 saturated heterocycles. The number of nitrogens with zero attached hydrogens (tertiary/aromatic N) is 1. The Morgan fingerprint density at radius 3 is 2.16 bits per heavy atom. The third-order valence-electron chi connectivity index (χ3n) is 4.25. The average molecular weight is 288 g/mol. The number of hydrogen-bond donors (Lipinski definition) is 1. The molecule has 0 unspecified atom stereocenters. The van der Waals surface area contributed by atoms with Crippen LogP contribution in [-0.4, -0.2) is 44.0 Å². The van der Waals surface area contributed by atoms with Gasteiger partial charge >= 0.3 is 0 Å². The third kappa shape index (κ3) is 4.18. The number of amides is 1. The lowest BCUT2D eigenvalue weighted by molar-refractivity contribution is -0.126. The van der Waals surface area contributed by atoms with Crippen molar-refractivity contribution in [1.82, 2.24) is 9.62 Å². The van der Waals surface area contributed by atoms with Crippen molar-refractivity contribution in [3.63, 3.8) is 0 Å². The minimum atomic E-state index is -3.08. The smallest absolute Gasteiger partial charge is 0.223 e. The molecule has 0 aromatic carbocycles. The predicted octanol–water partition coefficient (Wildman–Crippen LogP) is 1.11. The molecule has 1 saturated carbocycles. The Bertz CT molecular complexity index is 408. The van der Waals surface area contributed by atoms with Crippen LogP contribution in [0.15, 0.2) is 0 Å². The van der Waals surface area contributed by atoms with Gasteiger partial charge in [0, 0.05) is 25.0 Å². The van der Waals surface area contributed by atoms with Gasteiger partial charge in [0.15, 0.2) is 0 Å². The van der Waals surface area contributed by atoms with E-state index in [-0.39, 0.29) is 17.9 Å². The van der Waals surface area contributed by atoms with Crippen molar-refractivity contribution in [2.24, 2.45) is 5.92 Å². The van der Waals surface area contributed by atoms with Crippen LogP contribution >= 0.6 is 0 Å². The lowest BCUT2D eigenvalue weighted by Gasteiger charge is -2.32. The zero-order chi connectivity index (χ0) is 13.9. The quantitative estimate of drug-likeness (QED) is 0.846. The van der Waals surface area contributed by atoms with Crippen LogP contribution in [0.5, 0.6) is 0 Å². The van der Waals surface area contributed by atoms with Gasteiger partial charge in [-0.15, -0.1) is 0 Å². The summed E-state index contributed by atoms with van der Waals surface area (Å²) < 4.78 is 24.3. The molecule has 2 aliphatic rings. The van der Waals surface area contributed by atoms with Crippen molar-refractivity contribution >= 4 is 15.9 Å². The van der Waals surface area contributed by atoms with Crippen LogP contribution in [0.1, 0.15) is 44.9 Å². The summed E-state index contributed by atoms with van der Waals surface area (Å²) in [6, 6.07) is 0.146. The van der Waals surface area contributed by atoms with E-state index < -0.39 is 10.0 Å². The molecule has 2 fully saturated rings. The standard InChI is InChI=1S/C13H24N2O3S/c1-19(17,18)15-9-7-12(8-10-15)14-13(16)11-5-3-2-4-6-11/h11-12H,2-10H2,1H3,(H,14,16). The fraction of sp³-hybridized carbons (Fsp3) is 0.923. The second-order valence-electron chi connectivity index (χ2n) is 5.78. The van der Waals surface area contributed by atoms with Gasteiger partial charge in [-0.1, -0.05) is 19.3 Å². The zero-order valence-corrected chi connectivity index (χ0v) is 12.4. The first kappa shape index (κ1) is 14.8. The number of carbonyl (C=O) groups excluding carboxylic acids is 1. The number of carbonyl (C=O) groups is 1. The summed E-state index contributed by atoms with van der Waals surface area (Å²) in [5.41, 5.74) is 0. The van der Waals surface area contributed by atoms with Crippen molar-refractivity contribution in [3.05, 3.63) is 0 Å². The first-order valence-corrected chi connectivity index (χ1v) is 9.07. The maximum Gasteiger partial charge on any atom is 0.223 e. The first-order chi connectivity index (χ1) is 8.97. The van der Waals surface area contributed by atoms with Gasteiger partial charge < -0.3 is 5.32 Å². The fourth-order valence-corrected chi connectivity index (χ4v) is 3.89. The van der Waals surface area contributed by atoms with E-state index in [9.17, 15) is 13.2 Å². The molecule has 0 aromatic rings. The molecule has 0 bridgehead atoms. The lowest BCUT2D eigenvalue weighted by atomic mass is 9.88. The Morgan fingerprint density at radius 1 is 1.05 bits per heavy atom. The minimum Gasteiger partial charge on any atom is -0.353 e. The minimum absolute atomic E-state index is 0.146. The molecule has 1 heterocycles. The number of sulfonamides is 1. The Kier molecular flexibility index (Phi) is 4.84. The van der Waals surface area contributed by atoms with Crippen LogP contribution in [0.25, 0.3) is 0 Å². The molecule has 1 amide bonds.